The third-order valence-corrected chi connectivity index (χ3v) is 3.67. The van der Waals surface area contributed by atoms with Gasteiger partial charge in [-0.05, 0) is 31.2 Å². The van der Waals surface area contributed by atoms with Crippen molar-refractivity contribution in [3.05, 3.63) is 64.7 Å². The van der Waals surface area contributed by atoms with Gasteiger partial charge in [-0.25, -0.2) is 0 Å². The van der Waals surface area contributed by atoms with E-state index in [1.54, 1.807) is 36.4 Å². The second-order valence-corrected chi connectivity index (χ2v) is 5.94. The zero-order chi connectivity index (χ0) is 18.2. The second kappa shape index (κ2) is 8.99. The maximum absolute atomic E-state index is 12.0. The molecule has 0 saturated carbocycles. The first kappa shape index (κ1) is 18.7. The van der Waals surface area contributed by atoms with E-state index in [9.17, 15) is 14.4 Å². The summed E-state index contributed by atoms with van der Waals surface area (Å²) in [6, 6.07) is 13.7. The van der Waals surface area contributed by atoms with Crippen LogP contribution in [0.3, 0.4) is 0 Å². The molecule has 2 aromatic rings. The first-order valence-corrected chi connectivity index (χ1v) is 8.13. The minimum atomic E-state index is -0.591. The summed E-state index contributed by atoms with van der Waals surface area (Å²) in [7, 11) is 0. The lowest BCUT2D eigenvalue weighted by Gasteiger charge is -2.07. The van der Waals surface area contributed by atoms with E-state index in [2.05, 4.69) is 5.32 Å². The van der Waals surface area contributed by atoms with Crippen LogP contribution in [-0.4, -0.2) is 24.3 Å². The van der Waals surface area contributed by atoms with E-state index < -0.39 is 18.5 Å². The highest BCUT2D eigenvalue weighted by Crippen LogP contribution is 2.13. The monoisotopic (exact) mass is 359 g/mol. The first-order valence-electron chi connectivity index (χ1n) is 7.75. The van der Waals surface area contributed by atoms with Crippen molar-refractivity contribution in [3.63, 3.8) is 0 Å². The molecule has 6 heteroatoms. The number of carbonyl (C=O) groups excluding carboxylic acids is 3. The summed E-state index contributed by atoms with van der Waals surface area (Å²) in [5.41, 5.74) is 2.17. The number of aryl methyl sites for hydroxylation is 1. The number of esters is 1. The van der Waals surface area contributed by atoms with E-state index in [0.29, 0.717) is 16.3 Å². The molecule has 0 saturated heterocycles. The number of rotatable bonds is 7. The summed E-state index contributed by atoms with van der Waals surface area (Å²) >= 11 is 5.75. The van der Waals surface area contributed by atoms with E-state index in [1.807, 2.05) is 19.1 Å². The zero-order valence-electron chi connectivity index (χ0n) is 13.8. The van der Waals surface area contributed by atoms with Crippen LogP contribution < -0.4 is 5.32 Å². The molecule has 0 spiro atoms. The highest BCUT2D eigenvalue weighted by atomic mass is 35.5. The molecule has 0 aliphatic carbocycles. The van der Waals surface area contributed by atoms with Crippen molar-refractivity contribution < 1.29 is 19.1 Å². The maximum Gasteiger partial charge on any atom is 0.306 e. The molecule has 0 fully saturated rings. The molecule has 2 rings (SSSR count). The molecule has 5 nitrogen and oxygen atoms in total. The number of ketones is 1. The fourth-order valence-corrected chi connectivity index (χ4v) is 2.17. The molecule has 0 atom stereocenters. The number of Topliss-reactive ketones (excluding diaryl/α,β-unsaturated/α-hetero) is 1. The summed E-state index contributed by atoms with van der Waals surface area (Å²) in [6.45, 7) is 1.53. The molecule has 0 bridgehead atoms. The van der Waals surface area contributed by atoms with Gasteiger partial charge >= 0.3 is 5.97 Å². The average Bonchev–Trinajstić information content (AvgIpc) is 2.60. The summed E-state index contributed by atoms with van der Waals surface area (Å²) in [5.74, 6) is -1.19. The van der Waals surface area contributed by atoms with Crippen LogP contribution in [0.5, 0.6) is 0 Å². The first-order chi connectivity index (χ1) is 11.9. The van der Waals surface area contributed by atoms with Crippen molar-refractivity contribution in [3.8, 4) is 0 Å². The Kier molecular flexibility index (Phi) is 6.71. The minimum absolute atomic E-state index is 0.0424. The topological polar surface area (TPSA) is 72.5 Å². The number of halogens is 1. The van der Waals surface area contributed by atoms with Crippen molar-refractivity contribution in [1.29, 1.82) is 0 Å². The Bertz CT molecular complexity index is 754. The Hall–Kier alpha value is -2.66. The molecule has 130 valence electrons. The van der Waals surface area contributed by atoms with E-state index in [1.165, 1.54) is 0 Å². The summed E-state index contributed by atoms with van der Waals surface area (Å²) < 4.78 is 4.88. The van der Waals surface area contributed by atoms with Crippen LogP contribution in [0.15, 0.2) is 48.5 Å². The lowest BCUT2D eigenvalue weighted by atomic mass is 10.1. The molecule has 0 radical (unpaired) electrons. The number of amides is 1. The number of ether oxygens (including phenoxy) is 1. The van der Waals surface area contributed by atoms with Crippen molar-refractivity contribution in [1.82, 2.24) is 0 Å². The van der Waals surface area contributed by atoms with Gasteiger partial charge in [-0.2, -0.15) is 0 Å². The van der Waals surface area contributed by atoms with Gasteiger partial charge in [0.05, 0.1) is 6.42 Å². The average molecular weight is 360 g/mol. The van der Waals surface area contributed by atoms with Gasteiger partial charge in [0, 0.05) is 22.7 Å². The number of hydrogen-bond acceptors (Lipinski definition) is 4. The predicted octanol–water partition coefficient (Wildman–Crippen LogP) is 3.79. The molecule has 0 aliphatic heterocycles. The highest BCUT2D eigenvalue weighted by molar-refractivity contribution is 6.30. The maximum atomic E-state index is 12.0. The molecule has 0 aromatic heterocycles. The van der Waals surface area contributed by atoms with Gasteiger partial charge in [-0.3, -0.25) is 14.4 Å². The standard InChI is InChI=1S/C19H18ClNO4/c1-13-2-4-14(5-3-13)17(22)10-11-19(24)25-12-18(23)21-16-8-6-15(20)7-9-16/h2-9H,10-12H2,1H3,(H,21,23). The van der Waals surface area contributed by atoms with Gasteiger partial charge in [0.25, 0.3) is 5.91 Å². The molecule has 1 N–H and O–H groups in total. The van der Waals surface area contributed by atoms with Crippen LogP contribution >= 0.6 is 11.6 Å². The van der Waals surface area contributed by atoms with Crippen molar-refractivity contribution in [2.45, 2.75) is 19.8 Å². The molecular weight excluding hydrogens is 342 g/mol. The van der Waals surface area contributed by atoms with Crippen LogP contribution in [0.2, 0.25) is 5.02 Å². The Morgan fingerprint density at radius 3 is 2.24 bits per heavy atom. The smallest absolute Gasteiger partial charge is 0.306 e. The van der Waals surface area contributed by atoms with Crippen LogP contribution in [-0.2, 0) is 14.3 Å². The molecule has 0 aliphatic rings. The van der Waals surface area contributed by atoms with Gasteiger partial charge < -0.3 is 10.1 Å². The second-order valence-electron chi connectivity index (χ2n) is 5.50. The van der Waals surface area contributed by atoms with Gasteiger partial charge in [-0.1, -0.05) is 41.4 Å². The van der Waals surface area contributed by atoms with E-state index in [4.69, 9.17) is 16.3 Å². The van der Waals surface area contributed by atoms with Crippen LogP contribution in [0, 0.1) is 6.92 Å². The van der Waals surface area contributed by atoms with Crippen molar-refractivity contribution in [2.75, 3.05) is 11.9 Å². The number of benzene rings is 2. The molecule has 0 heterocycles. The minimum Gasteiger partial charge on any atom is -0.456 e. The molecule has 25 heavy (non-hydrogen) atoms. The van der Waals surface area contributed by atoms with Crippen LogP contribution in [0.1, 0.15) is 28.8 Å². The van der Waals surface area contributed by atoms with Gasteiger partial charge in [0.1, 0.15) is 0 Å². The fraction of sp³-hybridized carbons (Fsp3) is 0.211. The highest BCUT2D eigenvalue weighted by Gasteiger charge is 2.12. The molecule has 1 amide bonds. The van der Waals surface area contributed by atoms with Gasteiger partial charge in [0.2, 0.25) is 0 Å². The number of anilines is 1. The largest absolute Gasteiger partial charge is 0.456 e. The number of nitrogens with one attached hydrogen (secondary N) is 1. The van der Waals surface area contributed by atoms with Gasteiger partial charge in [-0.15, -0.1) is 0 Å². The quantitative estimate of drug-likeness (QED) is 0.603. The normalized spacial score (nSPS) is 10.2. The Labute approximate surface area is 150 Å². The molecule has 2 aromatic carbocycles. The van der Waals surface area contributed by atoms with Gasteiger partial charge in [0.15, 0.2) is 12.4 Å². The molecule has 0 unspecified atom stereocenters. The predicted molar refractivity (Wildman–Crippen MR) is 95.8 cm³/mol. The molecular formula is C19H18ClNO4. The Morgan fingerprint density at radius 2 is 1.60 bits per heavy atom. The van der Waals surface area contributed by atoms with E-state index in [-0.39, 0.29) is 18.6 Å². The van der Waals surface area contributed by atoms with Crippen molar-refractivity contribution >= 4 is 34.9 Å². The Morgan fingerprint density at radius 1 is 0.960 bits per heavy atom. The third kappa shape index (κ3) is 6.39. The van der Waals surface area contributed by atoms with Crippen LogP contribution in [0.25, 0.3) is 0 Å². The summed E-state index contributed by atoms with van der Waals surface area (Å²) in [5, 5.41) is 3.14. The summed E-state index contributed by atoms with van der Waals surface area (Å²) in [6.07, 6.45) is -0.0262. The number of hydrogen-bond donors (Lipinski definition) is 1. The van der Waals surface area contributed by atoms with E-state index >= 15 is 0 Å². The SMILES string of the molecule is Cc1ccc(C(=O)CCC(=O)OCC(=O)Nc2ccc(Cl)cc2)cc1. The lowest BCUT2D eigenvalue weighted by molar-refractivity contribution is -0.147. The van der Waals surface area contributed by atoms with Crippen LogP contribution in [0.4, 0.5) is 5.69 Å². The fourth-order valence-electron chi connectivity index (χ4n) is 2.05. The number of carbonyl (C=O) groups is 3. The summed E-state index contributed by atoms with van der Waals surface area (Å²) in [4.78, 5) is 35.3. The lowest BCUT2D eigenvalue weighted by Crippen LogP contribution is -2.21. The Balaban J connectivity index is 1.71. The van der Waals surface area contributed by atoms with E-state index in [0.717, 1.165) is 5.56 Å². The zero-order valence-corrected chi connectivity index (χ0v) is 14.5. The van der Waals surface area contributed by atoms with Crippen molar-refractivity contribution in [2.24, 2.45) is 0 Å². The third-order valence-electron chi connectivity index (χ3n) is 3.42.